The molecule has 1 heteroatoms. The van der Waals surface area contributed by atoms with Gasteiger partial charge in [0.15, 0.2) is 0 Å². The summed E-state index contributed by atoms with van der Waals surface area (Å²) >= 11 is 0. The molecule has 1 heterocycles. The summed E-state index contributed by atoms with van der Waals surface area (Å²) in [6.07, 6.45) is 3.52. The number of para-hydroxylation sites is 2. The van der Waals surface area contributed by atoms with Crippen LogP contribution >= 0.6 is 0 Å². The summed E-state index contributed by atoms with van der Waals surface area (Å²) in [5.41, 5.74) is 9.19. The fraction of sp³-hybridized carbons (Fsp3) is 0.0698. The SMILES string of the molecule is CC1=c2cc(-n3c4ccccc4c4ccccc43)ccc2=C[C@H](c2c3ccccc3c(-c3ccccc3)c3ccccc23)C1. The van der Waals surface area contributed by atoms with Crippen LogP contribution in [-0.4, -0.2) is 4.57 Å². The first-order chi connectivity index (χ1) is 21.8. The van der Waals surface area contributed by atoms with E-state index in [0.717, 1.165) is 6.42 Å². The van der Waals surface area contributed by atoms with Gasteiger partial charge in [-0.2, -0.15) is 0 Å². The van der Waals surface area contributed by atoms with Gasteiger partial charge in [0.1, 0.15) is 0 Å². The van der Waals surface area contributed by atoms with Crippen LogP contribution in [0.1, 0.15) is 24.8 Å². The van der Waals surface area contributed by atoms with E-state index in [9.17, 15) is 0 Å². The lowest BCUT2D eigenvalue weighted by Crippen LogP contribution is -2.31. The Hall–Kier alpha value is -5.40. The normalized spacial score (nSPS) is 14.8. The molecule has 0 radical (unpaired) electrons. The number of aromatic nitrogens is 1. The van der Waals surface area contributed by atoms with Crippen molar-refractivity contribution in [1.82, 2.24) is 4.57 Å². The first kappa shape index (κ1) is 25.1. The van der Waals surface area contributed by atoms with Gasteiger partial charge in [0.2, 0.25) is 0 Å². The Kier molecular flexibility index (Phi) is 5.61. The second kappa shape index (κ2) is 9.82. The minimum Gasteiger partial charge on any atom is -0.309 e. The lowest BCUT2D eigenvalue weighted by atomic mass is 9.79. The van der Waals surface area contributed by atoms with Crippen LogP contribution in [0.3, 0.4) is 0 Å². The van der Waals surface area contributed by atoms with Gasteiger partial charge in [0, 0.05) is 22.4 Å². The monoisotopic (exact) mass is 561 g/mol. The molecule has 0 saturated heterocycles. The van der Waals surface area contributed by atoms with Crippen LogP contribution in [0.15, 0.2) is 146 Å². The molecule has 0 fully saturated rings. The highest BCUT2D eigenvalue weighted by Crippen LogP contribution is 2.44. The van der Waals surface area contributed by atoms with E-state index < -0.39 is 0 Å². The fourth-order valence-corrected chi connectivity index (χ4v) is 7.78. The average Bonchev–Trinajstić information content (AvgIpc) is 3.42. The number of nitrogens with zero attached hydrogens (tertiary/aromatic N) is 1. The summed E-state index contributed by atoms with van der Waals surface area (Å²) in [4.78, 5) is 0. The van der Waals surface area contributed by atoms with Crippen molar-refractivity contribution < 1.29 is 0 Å². The molecule has 0 spiro atoms. The van der Waals surface area contributed by atoms with Crippen molar-refractivity contribution >= 4 is 55.0 Å². The molecule has 1 aromatic heterocycles. The summed E-state index contributed by atoms with van der Waals surface area (Å²) in [7, 11) is 0. The van der Waals surface area contributed by atoms with E-state index in [2.05, 4.69) is 163 Å². The van der Waals surface area contributed by atoms with E-state index in [1.54, 1.807) is 0 Å². The van der Waals surface area contributed by atoms with Gasteiger partial charge in [-0.25, -0.2) is 0 Å². The molecule has 0 N–H and O–H groups in total. The van der Waals surface area contributed by atoms with E-state index in [-0.39, 0.29) is 0 Å². The van der Waals surface area contributed by atoms with E-state index in [4.69, 9.17) is 0 Å². The van der Waals surface area contributed by atoms with Crippen molar-refractivity contribution in [2.45, 2.75) is 19.3 Å². The summed E-state index contributed by atoms with van der Waals surface area (Å²) in [5, 5.41) is 10.6. The molecular formula is C43H31N. The highest BCUT2D eigenvalue weighted by atomic mass is 15.0. The minimum absolute atomic E-state index is 0.293. The fourth-order valence-electron chi connectivity index (χ4n) is 7.78. The summed E-state index contributed by atoms with van der Waals surface area (Å²) in [6.45, 7) is 2.33. The van der Waals surface area contributed by atoms with E-state index in [0.29, 0.717) is 5.92 Å². The number of benzene rings is 7. The molecule has 0 saturated carbocycles. The molecule has 1 aliphatic carbocycles. The number of hydrogen-bond donors (Lipinski definition) is 0. The van der Waals surface area contributed by atoms with Crippen LogP contribution in [0.5, 0.6) is 0 Å². The Balaban J connectivity index is 1.26. The van der Waals surface area contributed by atoms with Crippen molar-refractivity contribution in [2.24, 2.45) is 0 Å². The molecule has 0 aliphatic heterocycles. The maximum absolute atomic E-state index is 2.52. The van der Waals surface area contributed by atoms with Crippen LogP contribution in [0.2, 0.25) is 0 Å². The molecule has 0 amide bonds. The van der Waals surface area contributed by atoms with Gasteiger partial charge >= 0.3 is 0 Å². The lowest BCUT2D eigenvalue weighted by molar-refractivity contribution is 0.910. The zero-order chi connectivity index (χ0) is 29.2. The maximum atomic E-state index is 2.52. The Labute approximate surface area is 256 Å². The predicted molar refractivity (Wildman–Crippen MR) is 188 cm³/mol. The molecule has 44 heavy (non-hydrogen) atoms. The molecule has 8 aromatic rings. The van der Waals surface area contributed by atoms with Gasteiger partial charge < -0.3 is 4.57 Å². The van der Waals surface area contributed by atoms with Gasteiger partial charge in [-0.3, -0.25) is 0 Å². The minimum atomic E-state index is 0.293. The molecule has 9 rings (SSSR count). The molecule has 1 nitrogen and oxygen atoms in total. The van der Waals surface area contributed by atoms with E-state index in [1.165, 1.54) is 81.7 Å². The molecule has 0 bridgehead atoms. The van der Waals surface area contributed by atoms with Gasteiger partial charge in [-0.15, -0.1) is 0 Å². The van der Waals surface area contributed by atoms with Crippen LogP contribution in [0.25, 0.3) is 71.8 Å². The van der Waals surface area contributed by atoms with Crippen molar-refractivity contribution in [1.29, 1.82) is 0 Å². The van der Waals surface area contributed by atoms with E-state index >= 15 is 0 Å². The smallest absolute Gasteiger partial charge is 0.0541 e. The first-order valence-electron chi connectivity index (χ1n) is 15.6. The van der Waals surface area contributed by atoms with Crippen molar-refractivity contribution in [2.75, 3.05) is 0 Å². The van der Waals surface area contributed by atoms with Crippen molar-refractivity contribution in [3.63, 3.8) is 0 Å². The van der Waals surface area contributed by atoms with E-state index in [1.807, 2.05) is 0 Å². The third-order valence-corrected chi connectivity index (χ3v) is 9.65. The van der Waals surface area contributed by atoms with Crippen molar-refractivity contribution in [3.8, 4) is 16.8 Å². The Morgan fingerprint density at radius 2 is 1.05 bits per heavy atom. The van der Waals surface area contributed by atoms with Crippen LogP contribution in [0, 0.1) is 0 Å². The topological polar surface area (TPSA) is 4.93 Å². The first-order valence-corrected chi connectivity index (χ1v) is 15.6. The predicted octanol–water partition coefficient (Wildman–Crippen LogP) is 9.90. The van der Waals surface area contributed by atoms with Gasteiger partial charge in [-0.05, 0) is 86.3 Å². The highest BCUT2D eigenvalue weighted by Gasteiger charge is 2.22. The average molecular weight is 562 g/mol. The zero-order valence-electron chi connectivity index (χ0n) is 24.7. The summed E-state index contributed by atoms with van der Waals surface area (Å²) in [6, 6.07) is 53.4. The molecule has 0 unspecified atom stereocenters. The molecular weight excluding hydrogens is 530 g/mol. The lowest BCUT2D eigenvalue weighted by Gasteiger charge is -2.24. The Morgan fingerprint density at radius 3 is 1.66 bits per heavy atom. The second-order valence-electron chi connectivity index (χ2n) is 12.1. The Bertz CT molecular complexity index is 2420. The highest BCUT2D eigenvalue weighted by molar-refractivity contribution is 6.15. The summed E-state index contributed by atoms with van der Waals surface area (Å²) in [5.74, 6) is 0.293. The van der Waals surface area contributed by atoms with Gasteiger partial charge in [-0.1, -0.05) is 133 Å². The number of rotatable bonds is 3. The quantitative estimate of drug-likeness (QED) is 0.189. The van der Waals surface area contributed by atoms with Gasteiger partial charge in [0.05, 0.1) is 11.0 Å². The third-order valence-electron chi connectivity index (χ3n) is 9.65. The zero-order valence-corrected chi connectivity index (χ0v) is 24.7. The van der Waals surface area contributed by atoms with Crippen LogP contribution in [-0.2, 0) is 0 Å². The molecule has 208 valence electrons. The van der Waals surface area contributed by atoms with Crippen molar-refractivity contribution in [3.05, 3.63) is 162 Å². The maximum Gasteiger partial charge on any atom is 0.0541 e. The molecule has 1 atom stereocenters. The summed E-state index contributed by atoms with van der Waals surface area (Å²) < 4.78 is 2.42. The van der Waals surface area contributed by atoms with Crippen LogP contribution in [0.4, 0.5) is 0 Å². The largest absolute Gasteiger partial charge is 0.309 e. The Morgan fingerprint density at radius 1 is 0.523 bits per heavy atom. The third kappa shape index (κ3) is 3.72. The standard InChI is InChI=1S/C43H31N/c1-28-25-31(43-37-19-7-5-17-35(37)42(29-13-3-2-4-14-29)36-18-6-8-20-38(36)43)26-30-23-24-32(27-39(28)30)44-40-21-11-9-15-33(40)34-16-10-12-22-41(34)44/h2-24,26-27,31H,25H2,1H3/t31-/m1/s1. The van der Waals surface area contributed by atoms with Gasteiger partial charge in [0.25, 0.3) is 0 Å². The number of hydrogen-bond acceptors (Lipinski definition) is 0. The number of fused-ring (bicyclic) bond motifs is 6. The molecule has 7 aromatic carbocycles. The second-order valence-corrected chi connectivity index (χ2v) is 12.1. The van der Waals surface area contributed by atoms with Crippen LogP contribution < -0.4 is 10.4 Å². The molecule has 1 aliphatic rings.